The molecule has 8 heteroatoms. The number of hydrogen-bond acceptors (Lipinski definition) is 6. The number of nitrogen functional groups attached to an aromatic ring is 1. The monoisotopic (exact) mass is 417 g/mol. The smallest absolute Gasteiger partial charge is 0.256 e. The fraction of sp³-hybridized carbons (Fsp3) is 0.391. The molecule has 1 saturated carbocycles. The molecule has 0 atom stereocenters. The van der Waals surface area contributed by atoms with Gasteiger partial charge in [-0.3, -0.25) is 4.79 Å². The number of rotatable bonds is 3. The summed E-state index contributed by atoms with van der Waals surface area (Å²) in [7, 11) is 5.60. The third kappa shape index (κ3) is 3.27. The van der Waals surface area contributed by atoms with Gasteiger partial charge < -0.3 is 15.5 Å². The maximum Gasteiger partial charge on any atom is 0.256 e. The highest BCUT2D eigenvalue weighted by Gasteiger charge is 2.49. The number of amides is 1. The molecule has 1 amide bonds. The van der Waals surface area contributed by atoms with Gasteiger partial charge in [-0.25, -0.2) is 14.6 Å². The fourth-order valence-corrected chi connectivity index (χ4v) is 4.90. The topological polar surface area (TPSA) is 93.2 Å². The molecule has 3 heterocycles. The lowest BCUT2D eigenvalue weighted by atomic mass is 9.82. The minimum Gasteiger partial charge on any atom is -0.381 e. The van der Waals surface area contributed by atoms with Crippen LogP contribution in [0.2, 0.25) is 0 Å². The Bertz CT molecular complexity index is 1190. The largest absolute Gasteiger partial charge is 0.381 e. The summed E-state index contributed by atoms with van der Waals surface area (Å²) >= 11 is 0. The number of fused-ring (bicyclic) bond motifs is 2. The van der Waals surface area contributed by atoms with Gasteiger partial charge in [0.05, 0.1) is 23.7 Å². The molecule has 2 aromatic heterocycles. The van der Waals surface area contributed by atoms with Crippen LogP contribution in [-0.2, 0) is 12.0 Å². The lowest BCUT2D eigenvalue weighted by Crippen LogP contribution is -2.35. The van der Waals surface area contributed by atoms with Gasteiger partial charge in [-0.1, -0.05) is 0 Å². The first kappa shape index (κ1) is 19.7. The van der Waals surface area contributed by atoms with Crippen LogP contribution in [0.15, 0.2) is 30.7 Å². The summed E-state index contributed by atoms with van der Waals surface area (Å²) < 4.78 is 1.51. The maximum atomic E-state index is 12.2. The molecule has 0 saturated heterocycles. The van der Waals surface area contributed by atoms with Crippen LogP contribution in [0.4, 0.5) is 5.82 Å². The van der Waals surface area contributed by atoms with E-state index in [4.69, 9.17) is 10.7 Å². The van der Waals surface area contributed by atoms with Crippen molar-refractivity contribution in [2.45, 2.75) is 31.7 Å². The highest BCUT2D eigenvalue weighted by molar-refractivity contribution is 5.93. The molecule has 3 aromatic rings. The second kappa shape index (κ2) is 6.88. The molecule has 1 fully saturated rings. The summed E-state index contributed by atoms with van der Waals surface area (Å²) in [6, 6.07) is 4.45. The van der Waals surface area contributed by atoms with Crippen LogP contribution in [0.5, 0.6) is 0 Å². The van der Waals surface area contributed by atoms with Gasteiger partial charge in [-0.15, -0.1) is 0 Å². The van der Waals surface area contributed by atoms with E-state index in [1.54, 1.807) is 26.5 Å². The van der Waals surface area contributed by atoms with Crippen molar-refractivity contribution in [3.63, 3.8) is 0 Å². The zero-order valence-electron chi connectivity index (χ0n) is 18.4. The summed E-state index contributed by atoms with van der Waals surface area (Å²) in [4.78, 5) is 25.3. The normalized spacial score (nSPS) is 16.9. The Morgan fingerprint density at radius 2 is 2.00 bits per heavy atom. The lowest BCUT2D eigenvalue weighted by molar-refractivity contribution is 0.0827. The first-order valence-electron chi connectivity index (χ1n) is 10.5. The third-order valence-electron chi connectivity index (χ3n) is 6.34. The van der Waals surface area contributed by atoms with Crippen LogP contribution in [0.3, 0.4) is 0 Å². The number of nitrogens with zero attached hydrogens (tertiary/aromatic N) is 6. The summed E-state index contributed by atoms with van der Waals surface area (Å²) in [5.74, 6) is 0.556. The first-order valence-corrected chi connectivity index (χ1v) is 10.5. The van der Waals surface area contributed by atoms with E-state index in [-0.39, 0.29) is 11.7 Å². The van der Waals surface area contributed by atoms with E-state index in [0.717, 1.165) is 24.3 Å². The van der Waals surface area contributed by atoms with Crippen molar-refractivity contribution in [2.75, 3.05) is 33.4 Å². The van der Waals surface area contributed by atoms with E-state index in [2.05, 4.69) is 41.1 Å². The van der Waals surface area contributed by atoms with Crippen LogP contribution in [0.25, 0.3) is 17.1 Å². The van der Waals surface area contributed by atoms with Crippen molar-refractivity contribution < 1.29 is 4.79 Å². The summed E-state index contributed by atoms with van der Waals surface area (Å²) in [5.41, 5.74) is 12.9. The maximum absolute atomic E-state index is 12.2. The van der Waals surface area contributed by atoms with Gasteiger partial charge in [-0.2, -0.15) is 5.10 Å². The number of carbonyl (C=O) groups is 1. The average Bonchev–Trinajstić information content (AvgIpc) is 3.29. The molecule has 2 N–H and O–H groups in total. The third-order valence-corrected chi connectivity index (χ3v) is 6.34. The van der Waals surface area contributed by atoms with Crippen molar-refractivity contribution in [3.05, 3.63) is 53.0 Å². The van der Waals surface area contributed by atoms with Crippen LogP contribution in [-0.4, -0.2) is 63.1 Å². The standard InChI is InChI=1S/C23H27N7O/c1-14-7-15(8-16-11-29(4)13-23(5-6-23)19(14)16)18-10-25-20(24)21(27-18)30-12-17(9-26-30)22(31)28(2)3/h7-10,12H,5-6,11,13H2,1-4H3,(H2,24,25). The van der Waals surface area contributed by atoms with E-state index < -0.39 is 0 Å². The molecule has 2 aliphatic rings. The lowest BCUT2D eigenvalue weighted by Gasteiger charge is -2.34. The minimum atomic E-state index is -0.127. The van der Waals surface area contributed by atoms with E-state index >= 15 is 0 Å². The van der Waals surface area contributed by atoms with Crippen LogP contribution in [0.1, 0.15) is 39.9 Å². The summed E-state index contributed by atoms with van der Waals surface area (Å²) in [6.45, 7) is 4.28. The quantitative estimate of drug-likeness (QED) is 0.703. The fourth-order valence-electron chi connectivity index (χ4n) is 4.90. The van der Waals surface area contributed by atoms with E-state index in [9.17, 15) is 4.79 Å². The molecular formula is C23H27N7O. The molecular weight excluding hydrogens is 390 g/mol. The Morgan fingerprint density at radius 3 is 2.71 bits per heavy atom. The van der Waals surface area contributed by atoms with Gasteiger partial charge in [0.1, 0.15) is 0 Å². The van der Waals surface area contributed by atoms with Crippen molar-refractivity contribution in [3.8, 4) is 17.1 Å². The van der Waals surface area contributed by atoms with Gasteiger partial charge in [0.15, 0.2) is 11.6 Å². The summed E-state index contributed by atoms with van der Waals surface area (Å²) in [6.07, 6.45) is 7.39. The van der Waals surface area contributed by atoms with E-state index in [1.807, 2.05) is 0 Å². The van der Waals surface area contributed by atoms with Gasteiger partial charge in [0.25, 0.3) is 5.91 Å². The molecule has 1 aromatic carbocycles. The molecule has 0 radical (unpaired) electrons. The van der Waals surface area contributed by atoms with E-state index in [0.29, 0.717) is 16.8 Å². The minimum absolute atomic E-state index is 0.127. The average molecular weight is 418 g/mol. The Labute approximate surface area is 181 Å². The molecule has 31 heavy (non-hydrogen) atoms. The second-order valence-electron chi connectivity index (χ2n) is 9.12. The van der Waals surface area contributed by atoms with Gasteiger partial charge in [0, 0.05) is 44.4 Å². The number of anilines is 1. The van der Waals surface area contributed by atoms with Crippen LogP contribution < -0.4 is 5.73 Å². The van der Waals surface area contributed by atoms with Crippen molar-refractivity contribution in [2.24, 2.45) is 0 Å². The highest BCUT2D eigenvalue weighted by atomic mass is 16.2. The first-order chi connectivity index (χ1) is 14.8. The summed E-state index contributed by atoms with van der Waals surface area (Å²) in [5, 5.41) is 4.29. The van der Waals surface area contributed by atoms with Crippen molar-refractivity contribution in [1.82, 2.24) is 29.5 Å². The van der Waals surface area contributed by atoms with Crippen LogP contribution in [0, 0.1) is 6.92 Å². The molecule has 8 nitrogen and oxygen atoms in total. The van der Waals surface area contributed by atoms with Gasteiger partial charge in [-0.05, 0) is 55.6 Å². The number of hydrogen-bond donors (Lipinski definition) is 1. The Balaban J connectivity index is 1.55. The van der Waals surface area contributed by atoms with Crippen molar-refractivity contribution >= 4 is 11.7 Å². The Kier molecular flexibility index (Phi) is 4.37. The number of aromatic nitrogens is 4. The number of nitrogens with two attached hydrogens (primary N) is 1. The second-order valence-corrected chi connectivity index (χ2v) is 9.12. The molecule has 0 bridgehead atoms. The molecule has 1 aliphatic heterocycles. The SMILES string of the molecule is Cc1cc(-c2cnc(N)c(-n3cc(C(=O)N(C)C)cn3)n2)cc2c1C1(CC1)CN(C)C2. The predicted molar refractivity (Wildman–Crippen MR) is 119 cm³/mol. The Hall–Kier alpha value is -3.26. The van der Waals surface area contributed by atoms with Gasteiger partial charge in [0.2, 0.25) is 0 Å². The molecule has 1 spiro atoms. The van der Waals surface area contributed by atoms with Crippen LogP contribution >= 0.6 is 0 Å². The number of aryl methyl sites for hydroxylation is 1. The van der Waals surface area contributed by atoms with Gasteiger partial charge >= 0.3 is 0 Å². The Morgan fingerprint density at radius 1 is 1.23 bits per heavy atom. The van der Waals surface area contributed by atoms with E-state index in [1.165, 1.54) is 45.3 Å². The number of benzene rings is 1. The predicted octanol–water partition coefficient (Wildman–Crippen LogP) is 2.40. The van der Waals surface area contributed by atoms with Crippen molar-refractivity contribution in [1.29, 1.82) is 0 Å². The molecule has 5 rings (SSSR count). The molecule has 160 valence electrons. The molecule has 0 unspecified atom stereocenters. The zero-order valence-corrected chi connectivity index (χ0v) is 18.4. The highest BCUT2D eigenvalue weighted by Crippen LogP contribution is 2.53. The molecule has 1 aliphatic carbocycles. The zero-order chi connectivity index (χ0) is 21.9. The number of carbonyl (C=O) groups excluding carboxylic acids is 1. The number of likely N-dealkylation sites (N-methyl/N-ethyl adjacent to an activating group) is 1.